The number of esters is 1. The van der Waals surface area contributed by atoms with Crippen LogP contribution in [0.4, 0.5) is 0 Å². The van der Waals surface area contributed by atoms with Crippen LogP contribution >= 0.6 is 7.82 Å². The predicted octanol–water partition coefficient (Wildman–Crippen LogP) is 12.7. The third-order valence-corrected chi connectivity index (χ3v) is 10.4. The average Bonchev–Trinajstić information content (AvgIpc) is 3.12. The van der Waals surface area contributed by atoms with E-state index in [4.69, 9.17) is 24.3 Å². The molecule has 0 aliphatic rings. The van der Waals surface area contributed by atoms with Gasteiger partial charge in [0.15, 0.2) is 0 Å². The van der Waals surface area contributed by atoms with Crippen molar-refractivity contribution in [2.24, 2.45) is 5.73 Å². The van der Waals surface area contributed by atoms with Gasteiger partial charge in [-0.3, -0.25) is 13.8 Å². The Morgan fingerprint density at radius 2 is 0.980 bits per heavy atom. The van der Waals surface area contributed by atoms with Gasteiger partial charge in [-0.05, 0) is 38.5 Å². The van der Waals surface area contributed by atoms with Gasteiger partial charge in [0, 0.05) is 19.6 Å². The fraction of sp³-hybridized carbons (Fsp3) is 0.929. The molecule has 0 aromatic heterocycles. The zero-order valence-electron chi connectivity index (χ0n) is 33.6. The molecule has 0 amide bonds. The first kappa shape index (κ1) is 50.2. The lowest BCUT2D eigenvalue weighted by Crippen LogP contribution is -2.28. The lowest BCUT2D eigenvalue weighted by Gasteiger charge is -2.20. The number of carbonyl (C=O) groups excluding carboxylic acids is 1. The summed E-state index contributed by atoms with van der Waals surface area (Å²) in [7, 11) is -4.27. The van der Waals surface area contributed by atoms with Crippen LogP contribution in [0.2, 0.25) is 0 Å². The van der Waals surface area contributed by atoms with Crippen LogP contribution in [0.15, 0.2) is 12.2 Å². The maximum atomic E-state index is 12.6. The minimum atomic E-state index is -4.27. The Morgan fingerprint density at radius 1 is 0.569 bits per heavy atom. The van der Waals surface area contributed by atoms with Crippen molar-refractivity contribution < 1.29 is 32.8 Å². The Bertz CT molecular complexity index is 797. The number of hydrogen-bond acceptors (Lipinski definition) is 7. The van der Waals surface area contributed by atoms with Crippen LogP contribution in [0, 0.1) is 0 Å². The second-order valence-electron chi connectivity index (χ2n) is 14.6. The highest BCUT2D eigenvalue weighted by Crippen LogP contribution is 2.43. The Balaban J connectivity index is 4.00. The third kappa shape index (κ3) is 40.3. The molecule has 0 radical (unpaired) electrons. The Morgan fingerprint density at radius 3 is 1.43 bits per heavy atom. The molecule has 2 atom stereocenters. The van der Waals surface area contributed by atoms with Crippen molar-refractivity contribution in [3.63, 3.8) is 0 Å². The van der Waals surface area contributed by atoms with Crippen molar-refractivity contribution in [1.29, 1.82) is 0 Å². The molecule has 0 saturated carbocycles. The molecule has 0 rings (SSSR count). The lowest BCUT2D eigenvalue weighted by atomic mass is 10.0. The monoisotopic (exact) mass is 746 g/mol. The first-order valence-corrected chi connectivity index (χ1v) is 23.2. The minimum absolute atomic E-state index is 0.0933. The molecule has 0 spiro atoms. The van der Waals surface area contributed by atoms with Gasteiger partial charge in [-0.2, -0.15) is 0 Å². The molecule has 8 nitrogen and oxygen atoms in total. The summed E-state index contributed by atoms with van der Waals surface area (Å²) < 4.78 is 33.4. The fourth-order valence-electron chi connectivity index (χ4n) is 6.23. The van der Waals surface area contributed by atoms with Gasteiger partial charge in [-0.15, -0.1) is 0 Å². The van der Waals surface area contributed by atoms with Crippen LogP contribution in [-0.4, -0.2) is 49.9 Å². The number of phosphoric ester groups is 1. The molecule has 0 fully saturated rings. The van der Waals surface area contributed by atoms with E-state index >= 15 is 0 Å². The highest BCUT2D eigenvalue weighted by molar-refractivity contribution is 7.47. The molecule has 51 heavy (non-hydrogen) atoms. The van der Waals surface area contributed by atoms with E-state index < -0.39 is 13.9 Å². The van der Waals surface area contributed by atoms with E-state index in [0.717, 1.165) is 32.1 Å². The SMILES string of the molecule is CCCCCCC/C=C\CCCCCCCCOCC(COP(=O)(O)OCCN)OC(=O)CCCCCCCCCCCCCCCCCCC. The molecule has 0 bridgehead atoms. The van der Waals surface area contributed by atoms with Crippen molar-refractivity contribution in [1.82, 2.24) is 0 Å². The van der Waals surface area contributed by atoms with Crippen molar-refractivity contribution >= 4 is 13.8 Å². The molecule has 304 valence electrons. The van der Waals surface area contributed by atoms with Gasteiger partial charge in [0.25, 0.3) is 0 Å². The van der Waals surface area contributed by atoms with Gasteiger partial charge in [0.1, 0.15) is 6.10 Å². The summed E-state index contributed by atoms with van der Waals surface area (Å²) in [5.41, 5.74) is 5.37. The average molecular weight is 746 g/mol. The van der Waals surface area contributed by atoms with E-state index in [1.54, 1.807) is 0 Å². The Hall–Kier alpha value is -0.760. The molecule has 9 heteroatoms. The van der Waals surface area contributed by atoms with Gasteiger partial charge in [-0.1, -0.05) is 180 Å². The van der Waals surface area contributed by atoms with E-state index in [0.29, 0.717) is 13.0 Å². The molecule has 0 heterocycles. The third-order valence-electron chi connectivity index (χ3n) is 9.43. The highest BCUT2D eigenvalue weighted by atomic mass is 31.2. The fourth-order valence-corrected chi connectivity index (χ4v) is 6.99. The van der Waals surface area contributed by atoms with Gasteiger partial charge in [0.2, 0.25) is 0 Å². The first-order chi connectivity index (χ1) is 24.9. The number of nitrogens with two attached hydrogens (primary N) is 1. The number of rotatable bonds is 42. The summed E-state index contributed by atoms with van der Waals surface area (Å²) in [5, 5.41) is 0. The molecule has 0 aliphatic carbocycles. The van der Waals surface area contributed by atoms with Gasteiger partial charge >= 0.3 is 13.8 Å². The van der Waals surface area contributed by atoms with E-state index in [-0.39, 0.29) is 32.3 Å². The zero-order valence-corrected chi connectivity index (χ0v) is 34.5. The smallest absolute Gasteiger partial charge is 0.457 e. The summed E-state index contributed by atoms with van der Waals surface area (Å²) in [6.07, 6.45) is 42.2. The standard InChI is InChI=1S/C42H84NO7P/c1-3-5-7-9-11-13-15-17-19-20-21-23-25-27-29-31-33-35-42(44)50-41(40-49-51(45,46)48-38-36-43)39-47-37-34-32-30-28-26-24-22-18-16-14-12-10-8-6-4-2/h16,18,41H,3-15,17,19-40,43H2,1-2H3,(H,45,46)/b18-16-. The summed E-state index contributed by atoms with van der Waals surface area (Å²) in [5.74, 6) is -0.328. The molecule has 0 saturated heterocycles. The Kier molecular flexibility index (Phi) is 39.8. The maximum absolute atomic E-state index is 12.6. The van der Waals surface area contributed by atoms with Crippen molar-refractivity contribution in [2.45, 2.75) is 219 Å². The van der Waals surface area contributed by atoms with Crippen molar-refractivity contribution in [3.8, 4) is 0 Å². The number of phosphoric acid groups is 1. The quantitative estimate of drug-likeness (QED) is 0.0274. The van der Waals surface area contributed by atoms with Crippen LogP contribution in [0.3, 0.4) is 0 Å². The number of unbranched alkanes of at least 4 members (excludes halogenated alkanes) is 27. The van der Waals surface area contributed by atoms with Gasteiger partial charge in [0.05, 0.1) is 19.8 Å². The Labute approximate surface area is 315 Å². The van der Waals surface area contributed by atoms with Crippen LogP contribution < -0.4 is 5.73 Å². The largest absolute Gasteiger partial charge is 0.472 e. The summed E-state index contributed by atoms with van der Waals surface area (Å²) >= 11 is 0. The zero-order chi connectivity index (χ0) is 37.4. The molecule has 3 N–H and O–H groups in total. The van der Waals surface area contributed by atoms with E-state index in [2.05, 4.69) is 26.0 Å². The van der Waals surface area contributed by atoms with Crippen molar-refractivity contribution in [2.75, 3.05) is 33.0 Å². The maximum Gasteiger partial charge on any atom is 0.472 e. The number of hydrogen-bond donors (Lipinski definition) is 2. The lowest BCUT2D eigenvalue weighted by molar-refractivity contribution is -0.154. The van der Waals surface area contributed by atoms with Gasteiger partial charge < -0.3 is 20.1 Å². The molecule has 0 aliphatic heterocycles. The van der Waals surface area contributed by atoms with E-state index in [1.807, 2.05) is 0 Å². The summed E-state index contributed by atoms with van der Waals surface area (Å²) in [4.78, 5) is 22.5. The topological polar surface area (TPSA) is 117 Å². The van der Waals surface area contributed by atoms with Crippen LogP contribution in [-0.2, 0) is 27.9 Å². The molecule has 0 aromatic rings. The summed E-state index contributed by atoms with van der Waals surface area (Å²) in [6, 6.07) is 0. The predicted molar refractivity (Wildman–Crippen MR) is 215 cm³/mol. The number of allylic oxidation sites excluding steroid dienone is 2. The number of ether oxygens (including phenoxy) is 2. The van der Waals surface area contributed by atoms with Crippen LogP contribution in [0.25, 0.3) is 0 Å². The van der Waals surface area contributed by atoms with Crippen molar-refractivity contribution in [3.05, 3.63) is 12.2 Å². The molecular weight excluding hydrogens is 661 g/mol. The first-order valence-electron chi connectivity index (χ1n) is 21.7. The van der Waals surface area contributed by atoms with E-state index in [9.17, 15) is 14.3 Å². The summed E-state index contributed by atoms with van der Waals surface area (Å²) in [6.45, 7) is 4.94. The van der Waals surface area contributed by atoms with Crippen LogP contribution in [0.5, 0.6) is 0 Å². The second-order valence-corrected chi connectivity index (χ2v) is 16.0. The number of carbonyl (C=O) groups is 1. The van der Waals surface area contributed by atoms with Gasteiger partial charge in [-0.25, -0.2) is 4.57 Å². The molecular formula is C42H84NO7P. The second kappa shape index (κ2) is 40.4. The van der Waals surface area contributed by atoms with E-state index in [1.165, 1.54) is 161 Å². The highest BCUT2D eigenvalue weighted by Gasteiger charge is 2.25. The molecule has 2 unspecified atom stereocenters. The molecule has 0 aromatic carbocycles. The minimum Gasteiger partial charge on any atom is -0.457 e. The van der Waals surface area contributed by atoms with Crippen LogP contribution in [0.1, 0.15) is 213 Å². The normalized spacial score (nSPS) is 13.6.